The Hall–Kier alpha value is -1.07. The Bertz CT molecular complexity index is 249. The van der Waals surface area contributed by atoms with Gasteiger partial charge >= 0.3 is 6.03 Å². The van der Waals surface area contributed by atoms with E-state index in [2.05, 4.69) is 10.6 Å². The topological polar surface area (TPSA) is 50.4 Å². The fourth-order valence-electron chi connectivity index (χ4n) is 0.772. The van der Waals surface area contributed by atoms with Gasteiger partial charge in [0, 0.05) is 13.7 Å². The molecule has 0 bridgehead atoms. The summed E-state index contributed by atoms with van der Waals surface area (Å²) in [5.74, 6) is 0. The fraction of sp³-hybridized carbons (Fsp3) is 0.375. The number of thiophene rings is 1. The first-order chi connectivity index (χ1) is 6.33. The number of urea groups is 1. The molecule has 1 aromatic heterocycles. The van der Waals surface area contributed by atoms with Crippen LogP contribution in [-0.2, 0) is 4.74 Å². The highest BCUT2D eigenvalue weighted by Gasteiger charge is 1.99. The summed E-state index contributed by atoms with van der Waals surface area (Å²) in [6, 6.07) is 3.54. The molecule has 0 saturated heterocycles. The molecule has 1 heterocycles. The molecule has 5 heteroatoms. The van der Waals surface area contributed by atoms with Crippen LogP contribution in [0.2, 0.25) is 0 Å². The molecule has 0 radical (unpaired) electrons. The van der Waals surface area contributed by atoms with E-state index >= 15 is 0 Å². The molecule has 1 rings (SSSR count). The predicted molar refractivity (Wildman–Crippen MR) is 53.2 cm³/mol. The minimum absolute atomic E-state index is 0.195. The lowest BCUT2D eigenvalue weighted by atomic mass is 10.6. The van der Waals surface area contributed by atoms with Gasteiger partial charge in [-0.3, -0.25) is 5.32 Å². The molecule has 2 amide bonds. The average molecular weight is 200 g/mol. The third-order valence-electron chi connectivity index (χ3n) is 1.35. The molecule has 4 nitrogen and oxygen atoms in total. The molecule has 0 aliphatic heterocycles. The van der Waals surface area contributed by atoms with Crippen molar-refractivity contribution < 1.29 is 9.53 Å². The number of ether oxygens (including phenoxy) is 1. The maximum atomic E-state index is 11.1. The van der Waals surface area contributed by atoms with E-state index in [9.17, 15) is 4.79 Å². The summed E-state index contributed by atoms with van der Waals surface area (Å²) in [7, 11) is 1.60. The third-order valence-corrected chi connectivity index (χ3v) is 2.13. The van der Waals surface area contributed by atoms with Crippen molar-refractivity contribution in [2.24, 2.45) is 0 Å². The second-order valence-electron chi connectivity index (χ2n) is 2.35. The lowest BCUT2D eigenvalue weighted by molar-refractivity contribution is 0.198. The summed E-state index contributed by atoms with van der Waals surface area (Å²) in [5.41, 5.74) is 0. The molecule has 0 aromatic carbocycles. The van der Waals surface area contributed by atoms with Gasteiger partial charge in [0.15, 0.2) is 0 Å². The van der Waals surface area contributed by atoms with Crippen LogP contribution in [-0.4, -0.2) is 26.3 Å². The Balaban J connectivity index is 2.18. The SMILES string of the molecule is COCCNC(=O)Nc1cccs1. The molecule has 0 saturated carbocycles. The molecule has 0 spiro atoms. The van der Waals surface area contributed by atoms with Crippen molar-refractivity contribution in [3.05, 3.63) is 17.5 Å². The number of anilines is 1. The number of rotatable bonds is 4. The van der Waals surface area contributed by atoms with Crippen LogP contribution < -0.4 is 10.6 Å². The number of carbonyl (C=O) groups excluding carboxylic acids is 1. The zero-order chi connectivity index (χ0) is 9.52. The largest absolute Gasteiger partial charge is 0.383 e. The highest BCUT2D eigenvalue weighted by atomic mass is 32.1. The Morgan fingerprint density at radius 3 is 3.15 bits per heavy atom. The Labute approximate surface area is 80.9 Å². The van der Waals surface area contributed by atoms with Gasteiger partial charge < -0.3 is 10.1 Å². The van der Waals surface area contributed by atoms with Crippen molar-refractivity contribution in [2.45, 2.75) is 0 Å². The normalized spacial score (nSPS) is 9.62. The monoisotopic (exact) mass is 200 g/mol. The smallest absolute Gasteiger partial charge is 0.319 e. The van der Waals surface area contributed by atoms with Crippen molar-refractivity contribution in [2.75, 3.05) is 25.6 Å². The first-order valence-corrected chi connectivity index (χ1v) is 4.78. The highest BCUT2D eigenvalue weighted by Crippen LogP contribution is 2.14. The van der Waals surface area contributed by atoms with E-state index in [0.717, 1.165) is 5.00 Å². The second kappa shape index (κ2) is 5.55. The Morgan fingerprint density at radius 2 is 2.54 bits per heavy atom. The van der Waals surface area contributed by atoms with Crippen molar-refractivity contribution in [1.29, 1.82) is 0 Å². The van der Waals surface area contributed by atoms with Crippen LogP contribution in [0.5, 0.6) is 0 Å². The fourth-order valence-corrected chi connectivity index (χ4v) is 1.38. The quantitative estimate of drug-likeness (QED) is 0.724. The van der Waals surface area contributed by atoms with Gasteiger partial charge in [-0.25, -0.2) is 4.79 Å². The molecule has 1 aromatic rings. The number of hydrogen-bond acceptors (Lipinski definition) is 3. The molecular formula is C8H12N2O2S. The zero-order valence-electron chi connectivity index (χ0n) is 7.37. The number of hydrogen-bond donors (Lipinski definition) is 2. The van der Waals surface area contributed by atoms with Crippen LogP contribution >= 0.6 is 11.3 Å². The van der Waals surface area contributed by atoms with Crippen LogP contribution in [0.3, 0.4) is 0 Å². The van der Waals surface area contributed by atoms with Crippen LogP contribution in [0.1, 0.15) is 0 Å². The third kappa shape index (κ3) is 3.91. The predicted octanol–water partition coefficient (Wildman–Crippen LogP) is 1.52. The van der Waals surface area contributed by atoms with Crippen molar-refractivity contribution >= 4 is 22.4 Å². The van der Waals surface area contributed by atoms with Gasteiger partial charge in [0.1, 0.15) is 0 Å². The summed E-state index contributed by atoms with van der Waals surface area (Å²) in [5, 5.41) is 8.10. The maximum Gasteiger partial charge on any atom is 0.319 e. The van der Waals surface area contributed by atoms with Crippen molar-refractivity contribution in [3.63, 3.8) is 0 Å². The average Bonchev–Trinajstić information content (AvgIpc) is 2.57. The Kier molecular flexibility index (Phi) is 4.28. The lowest BCUT2D eigenvalue weighted by Gasteiger charge is -2.04. The van der Waals surface area contributed by atoms with Gasteiger partial charge in [-0.05, 0) is 17.5 Å². The van der Waals surface area contributed by atoms with Crippen LogP contribution in [0.15, 0.2) is 17.5 Å². The van der Waals surface area contributed by atoms with E-state index < -0.39 is 0 Å². The standard InChI is InChI=1S/C8H12N2O2S/c1-12-5-4-9-8(11)10-7-3-2-6-13-7/h2-3,6H,4-5H2,1H3,(H2,9,10,11). The van der Waals surface area contributed by atoms with Gasteiger partial charge in [0.25, 0.3) is 0 Å². The molecule has 0 aliphatic rings. The molecule has 0 unspecified atom stereocenters. The van der Waals surface area contributed by atoms with Crippen LogP contribution in [0.4, 0.5) is 9.80 Å². The van der Waals surface area contributed by atoms with E-state index in [1.807, 2.05) is 17.5 Å². The van der Waals surface area contributed by atoms with Gasteiger partial charge in [-0.15, -0.1) is 11.3 Å². The highest BCUT2D eigenvalue weighted by molar-refractivity contribution is 7.14. The minimum atomic E-state index is -0.195. The van der Waals surface area contributed by atoms with Crippen LogP contribution in [0.25, 0.3) is 0 Å². The van der Waals surface area contributed by atoms with Crippen LogP contribution in [0, 0.1) is 0 Å². The summed E-state index contributed by atoms with van der Waals surface area (Å²) in [6.07, 6.45) is 0. The van der Waals surface area contributed by atoms with Crippen molar-refractivity contribution in [1.82, 2.24) is 5.32 Å². The molecule has 72 valence electrons. The molecule has 0 aliphatic carbocycles. The molecule has 13 heavy (non-hydrogen) atoms. The van der Waals surface area contributed by atoms with E-state index in [0.29, 0.717) is 13.2 Å². The van der Waals surface area contributed by atoms with Gasteiger partial charge in [-0.2, -0.15) is 0 Å². The minimum Gasteiger partial charge on any atom is -0.383 e. The molecule has 2 N–H and O–H groups in total. The van der Waals surface area contributed by atoms with E-state index in [4.69, 9.17) is 4.74 Å². The number of nitrogens with one attached hydrogen (secondary N) is 2. The molecule has 0 atom stereocenters. The van der Waals surface area contributed by atoms with Gasteiger partial charge in [0.2, 0.25) is 0 Å². The van der Waals surface area contributed by atoms with E-state index in [1.54, 1.807) is 7.11 Å². The Morgan fingerprint density at radius 1 is 1.69 bits per heavy atom. The second-order valence-corrected chi connectivity index (χ2v) is 3.30. The number of methoxy groups -OCH3 is 1. The van der Waals surface area contributed by atoms with E-state index in [1.165, 1.54) is 11.3 Å². The summed E-state index contributed by atoms with van der Waals surface area (Å²) in [6.45, 7) is 1.05. The first-order valence-electron chi connectivity index (χ1n) is 3.90. The molecular weight excluding hydrogens is 188 g/mol. The van der Waals surface area contributed by atoms with Gasteiger partial charge in [-0.1, -0.05) is 0 Å². The zero-order valence-corrected chi connectivity index (χ0v) is 8.19. The maximum absolute atomic E-state index is 11.1. The summed E-state index contributed by atoms with van der Waals surface area (Å²) < 4.78 is 4.79. The molecule has 0 fully saturated rings. The number of carbonyl (C=O) groups is 1. The summed E-state index contributed by atoms with van der Waals surface area (Å²) >= 11 is 1.49. The number of amides is 2. The van der Waals surface area contributed by atoms with Gasteiger partial charge in [0.05, 0.1) is 11.6 Å². The van der Waals surface area contributed by atoms with Crippen molar-refractivity contribution in [3.8, 4) is 0 Å². The van der Waals surface area contributed by atoms with E-state index in [-0.39, 0.29) is 6.03 Å². The first kappa shape index (κ1) is 10.0. The summed E-state index contributed by atoms with van der Waals surface area (Å²) in [4.78, 5) is 11.1. The lowest BCUT2D eigenvalue weighted by Crippen LogP contribution is -2.31.